The van der Waals surface area contributed by atoms with Crippen LogP contribution in [0.15, 0.2) is 10.5 Å². The van der Waals surface area contributed by atoms with E-state index in [0.29, 0.717) is 12.1 Å². The summed E-state index contributed by atoms with van der Waals surface area (Å²) in [4.78, 5) is 12.3. The van der Waals surface area contributed by atoms with E-state index in [1.165, 1.54) is 4.88 Å². The van der Waals surface area contributed by atoms with E-state index >= 15 is 0 Å². The normalized spacial score (nSPS) is 12.0. The summed E-state index contributed by atoms with van der Waals surface area (Å²) in [5.74, 6) is 0.855. The summed E-state index contributed by atoms with van der Waals surface area (Å²) in [5.41, 5.74) is 2.98. The molecule has 0 aliphatic heterocycles. The van der Waals surface area contributed by atoms with E-state index in [2.05, 4.69) is 53.2 Å². The second-order valence-electron chi connectivity index (χ2n) is 5.99. The number of nitrogens with one attached hydrogen (secondary N) is 2. The third-order valence-electron chi connectivity index (χ3n) is 3.70. The van der Waals surface area contributed by atoms with Crippen LogP contribution < -0.4 is 10.6 Å². The van der Waals surface area contributed by atoms with Crippen LogP contribution in [-0.2, 0) is 6.54 Å². The van der Waals surface area contributed by atoms with Crippen LogP contribution in [0.25, 0.3) is 0 Å². The first-order valence-electron chi connectivity index (χ1n) is 8.05. The first-order valence-corrected chi connectivity index (χ1v) is 8.92. The molecule has 0 aromatic carbocycles. The Bertz CT molecular complexity index is 451. The number of hydrogen-bond donors (Lipinski definition) is 2. The molecule has 1 heterocycles. The number of thiazole rings is 1. The second-order valence-corrected chi connectivity index (χ2v) is 6.93. The summed E-state index contributed by atoms with van der Waals surface area (Å²) < 4.78 is 0. The number of halogens is 1. The molecule has 134 valence electrons. The molecule has 7 heteroatoms. The molecule has 2 N–H and O–H groups in total. The lowest BCUT2D eigenvalue weighted by atomic mass is 10.2. The fourth-order valence-corrected chi connectivity index (χ4v) is 3.18. The van der Waals surface area contributed by atoms with Crippen LogP contribution in [0.1, 0.15) is 44.7 Å². The highest BCUT2D eigenvalue weighted by molar-refractivity contribution is 14.0. The van der Waals surface area contributed by atoms with E-state index in [-0.39, 0.29) is 24.0 Å². The molecule has 0 aliphatic rings. The molecule has 0 fully saturated rings. The van der Waals surface area contributed by atoms with Gasteiger partial charge in [0.2, 0.25) is 0 Å². The molecule has 0 bridgehead atoms. The average molecular weight is 453 g/mol. The van der Waals surface area contributed by atoms with Gasteiger partial charge in [0.05, 0.1) is 17.7 Å². The summed E-state index contributed by atoms with van der Waals surface area (Å²) in [6, 6.07) is 1.18. The van der Waals surface area contributed by atoms with Crippen molar-refractivity contribution >= 4 is 41.3 Å². The van der Waals surface area contributed by atoms with Crippen LogP contribution in [0, 0.1) is 6.92 Å². The number of guanidine groups is 1. The summed E-state index contributed by atoms with van der Waals surface area (Å²) in [5, 5.41) is 6.72. The molecule has 0 atom stereocenters. The van der Waals surface area contributed by atoms with Crippen molar-refractivity contribution in [1.82, 2.24) is 20.5 Å². The van der Waals surface area contributed by atoms with Gasteiger partial charge in [0.15, 0.2) is 5.96 Å². The van der Waals surface area contributed by atoms with Crippen LogP contribution in [0.3, 0.4) is 0 Å². The number of nitrogens with zero attached hydrogens (tertiary/aromatic N) is 3. The molecular formula is C16H32IN5S. The molecule has 0 spiro atoms. The van der Waals surface area contributed by atoms with Crippen LogP contribution in [0.5, 0.6) is 0 Å². The lowest BCUT2D eigenvalue weighted by Crippen LogP contribution is -2.41. The number of rotatable bonds is 8. The molecule has 0 amide bonds. The van der Waals surface area contributed by atoms with E-state index in [0.717, 1.165) is 37.7 Å². The SMILES string of the molecule is CN=C(NCCCN(C(C)C)C(C)C)NCc1scnc1C.I. The van der Waals surface area contributed by atoms with Gasteiger partial charge in [-0.3, -0.25) is 9.89 Å². The van der Waals surface area contributed by atoms with Crippen molar-refractivity contribution in [3.05, 3.63) is 16.1 Å². The third-order valence-corrected chi connectivity index (χ3v) is 4.63. The molecule has 1 aromatic rings. The van der Waals surface area contributed by atoms with E-state index in [9.17, 15) is 0 Å². The van der Waals surface area contributed by atoms with E-state index < -0.39 is 0 Å². The van der Waals surface area contributed by atoms with Crippen LogP contribution >= 0.6 is 35.3 Å². The Morgan fingerprint density at radius 2 is 1.91 bits per heavy atom. The first-order chi connectivity index (χ1) is 10.5. The van der Waals surface area contributed by atoms with E-state index in [1.54, 1.807) is 11.3 Å². The van der Waals surface area contributed by atoms with Gasteiger partial charge < -0.3 is 10.6 Å². The van der Waals surface area contributed by atoms with Gasteiger partial charge >= 0.3 is 0 Å². The van der Waals surface area contributed by atoms with Crippen molar-refractivity contribution in [1.29, 1.82) is 0 Å². The lowest BCUT2D eigenvalue weighted by molar-refractivity contribution is 0.173. The molecule has 0 unspecified atom stereocenters. The van der Waals surface area contributed by atoms with Gasteiger partial charge in [-0.15, -0.1) is 35.3 Å². The molecule has 0 aliphatic carbocycles. The average Bonchev–Trinajstić information content (AvgIpc) is 2.86. The Balaban J connectivity index is 0.00000484. The van der Waals surface area contributed by atoms with Crippen LogP contribution in [0.4, 0.5) is 0 Å². The fraction of sp³-hybridized carbons (Fsp3) is 0.750. The highest BCUT2D eigenvalue weighted by Crippen LogP contribution is 2.11. The maximum Gasteiger partial charge on any atom is 0.191 e. The van der Waals surface area contributed by atoms with Crippen molar-refractivity contribution < 1.29 is 0 Å². The Labute approximate surface area is 162 Å². The topological polar surface area (TPSA) is 52.6 Å². The standard InChI is InChI=1S/C16H31N5S.HI/c1-12(2)21(13(3)4)9-7-8-18-16(17-6)19-10-15-14(5)20-11-22-15;/h11-13H,7-10H2,1-6H3,(H2,17,18,19);1H. The minimum absolute atomic E-state index is 0. The fourth-order valence-electron chi connectivity index (χ4n) is 2.46. The zero-order valence-electron chi connectivity index (χ0n) is 15.2. The smallest absolute Gasteiger partial charge is 0.191 e. The highest BCUT2D eigenvalue weighted by atomic mass is 127. The molecule has 1 aromatic heterocycles. The van der Waals surface area contributed by atoms with Crippen LogP contribution in [-0.4, -0.2) is 48.1 Å². The lowest BCUT2D eigenvalue weighted by Gasteiger charge is -2.30. The predicted octanol–water partition coefficient (Wildman–Crippen LogP) is 3.24. The summed E-state index contributed by atoms with van der Waals surface area (Å²) in [6.45, 7) is 13.9. The summed E-state index contributed by atoms with van der Waals surface area (Å²) in [6.07, 6.45) is 1.11. The first kappa shape index (κ1) is 22.6. The number of aryl methyl sites for hydroxylation is 1. The van der Waals surface area contributed by atoms with Gasteiger partial charge in [-0.1, -0.05) is 0 Å². The van der Waals surface area contributed by atoms with Crippen molar-refractivity contribution in [2.24, 2.45) is 4.99 Å². The van der Waals surface area contributed by atoms with Crippen molar-refractivity contribution in [3.63, 3.8) is 0 Å². The molecule has 0 saturated heterocycles. The van der Waals surface area contributed by atoms with Gasteiger partial charge in [0.1, 0.15) is 0 Å². The minimum atomic E-state index is 0. The second kappa shape index (κ2) is 12.0. The monoisotopic (exact) mass is 453 g/mol. The van der Waals surface area contributed by atoms with Gasteiger partial charge in [0, 0.05) is 37.1 Å². The molecule has 1 rings (SSSR count). The Kier molecular flexibility index (Phi) is 11.8. The highest BCUT2D eigenvalue weighted by Gasteiger charge is 2.12. The Hall–Kier alpha value is -0.410. The molecule has 0 radical (unpaired) electrons. The molecule has 5 nitrogen and oxygen atoms in total. The zero-order valence-corrected chi connectivity index (χ0v) is 18.4. The molecule has 23 heavy (non-hydrogen) atoms. The van der Waals surface area contributed by atoms with Crippen molar-refractivity contribution in [2.75, 3.05) is 20.1 Å². The number of hydrogen-bond acceptors (Lipinski definition) is 4. The zero-order chi connectivity index (χ0) is 16.5. The van der Waals surface area contributed by atoms with Gasteiger partial charge in [0.25, 0.3) is 0 Å². The predicted molar refractivity (Wildman–Crippen MR) is 112 cm³/mol. The van der Waals surface area contributed by atoms with Gasteiger partial charge in [-0.05, 0) is 41.0 Å². The maximum atomic E-state index is 4.27. The van der Waals surface area contributed by atoms with Crippen molar-refractivity contribution in [2.45, 2.75) is 59.7 Å². The summed E-state index contributed by atoms with van der Waals surface area (Å²) >= 11 is 1.68. The van der Waals surface area contributed by atoms with Gasteiger partial charge in [-0.25, -0.2) is 4.98 Å². The Morgan fingerprint density at radius 3 is 2.39 bits per heavy atom. The quantitative estimate of drug-likeness (QED) is 0.275. The van der Waals surface area contributed by atoms with Crippen LogP contribution in [0.2, 0.25) is 0 Å². The third kappa shape index (κ3) is 8.30. The molecular weight excluding hydrogens is 421 g/mol. The largest absolute Gasteiger partial charge is 0.356 e. The minimum Gasteiger partial charge on any atom is -0.356 e. The van der Waals surface area contributed by atoms with Gasteiger partial charge in [-0.2, -0.15) is 0 Å². The number of aliphatic imine (C=N–C) groups is 1. The maximum absolute atomic E-state index is 4.27. The summed E-state index contributed by atoms with van der Waals surface area (Å²) in [7, 11) is 1.81. The molecule has 0 saturated carbocycles. The number of aromatic nitrogens is 1. The van der Waals surface area contributed by atoms with E-state index in [4.69, 9.17) is 0 Å². The van der Waals surface area contributed by atoms with Crippen molar-refractivity contribution in [3.8, 4) is 0 Å². The Morgan fingerprint density at radius 1 is 1.26 bits per heavy atom. The van der Waals surface area contributed by atoms with E-state index in [1.807, 2.05) is 19.5 Å².